The molecule has 1 spiro atoms. The summed E-state index contributed by atoms with van der Waals surface area (Å²) in [7, 11) is 0. The summed E-state index contributed by atoms with van der Waals surface area (Å²) < 4.78 is 0. The number of carbonyl (C=O) groups is 3. The van der Waals surface area contributed by atoms with Crippen LogP contribution in [0.2, 0.25) is 0 Å². The molecular formula is C21H34N4O3. The van der Waals surface area contributed by atoms with E-state index in [-0.39, 0.29) is 29.8 Å². The minimum atomic E-state index is -0.803. The first kappa shape index (κ1) is 19.7. The summed E-state index contributed by atoms with van der Waals surface area (Å²) in [6, 6.07) is -0.246. The van der Waals surface area contributed by atoms with Crippen LogP contribution >= 0.6 is 0 Å². The first-order valence-electron chi connectivity index (χ1n) is 10.8. The van der Waals surface area contributed by atoms with E-state index in [0.717, 1.165) is 30.6 Å². The standard InChI is InChI=1S/C21H34N4O3/c1-20(2,3)14-6-8-21(9-7-14)18(27)25(19(28)23-21)12-17(26)24-10-13-4-5-16(22)15(13)11-24/h13-16H,4-12,22H2,1-3H3,(H,23,28). The molecule has 3 unspecified atom stereocenters. The summed E-state index contributed by atoms with van der Waals surface area (Å²) >= 11 is 0. The predicted molar refractivity (Wildman–Crippen MR) is 105 cm³/mol. The van der Waals surface area contributed by atoms with Crippen molar-refractivity contribution < 1.29 is 14.4 Å². The van der Waals surface area contributed by atoms with Gasteiger partial charge in [-0.3, -0.25) is 14.5 Å². The minimum Gasteiger partial charge on any atom is -0.341 e. The summed E-state index contributed by atoms with van der Waals surface area (Å²) in [6.07, 6.45) is 5.26. The van der Waals surface area contributed by atoms with E-state index >= 15 is 0 Å². The molecule has 4 fully saturated rings. The zero-order chi connectivity index (χ0) is 20.3. The number of hydrogen-bond donors (Lipinski definition) is 2. The third kappa shape index (κ3) is 3.21. The second kappa shape index (κ2) is 6.71. The van der Waals surface area contributed by atoms with Crippen molar-refractivity contribution >= 4 is 17.8 Å². The summed E-state index contributed by atoms with van der Waals surface area (Å²) in [5.74, 6) is 1.04. The van der Waals surface area contributed by atoms with Gasteiger partial charge in [0.25, 0.3) is 5.91 Å². The Morgan fingerprint density at radius 3 is 2.43 bits per heavy atom. The zero-order valence-electron chi connectivity index (χ0n) is 17.4. The molecule has 3 atom stereocenters. The molecule has 4 amide bonds. The molecule has 7 heteroatoms. The molecule has 28 heavy (non-hydrogen) atoms. The van der Waals surface area contributed by atoms with Gasteiger partial charge in [-0.15, -0.1) is 0 Å². The maximum absolute atomic E-state index is 13.1. The van der Waals surface area contributed by atoms with E-state index in [1.165, 1.54) is 0 Å². The quantitative estimate of drug-likeness (QED) is 0.702. The average Bonchev–Trinajstić information content (AvgIpc) is 3.26. The van der Waals surface area contributed by atoms with Crippen LogP contribution in [-0.4, -0.2) is 58.9 Å². The Balaban J connectivity index is 1.38. The van der Waals surface area contributed by atoms with Crippen molar-refractivity contribution in [1.29, 1.82) is 0 Å². The Kier molecular flexibility index (Phi) is 4.72. The van der Waals surface area contributed by atoms with Crippen molar-refractivity contribution in [1.82, 2.24) is 15.1 Å². The van der Waals surface area contributed by atoms with Crippen LogP contribution in [0.3, 0.4) is 0 Å². The predicted octanol–water partition coefficient (Wildman–Crippen LogP) is 1.71. The SMILES string of the molecule is CC(C)(C)C1CCC2(CC1)NC(=O)N(CC(=O)N1CC3CCC(N)C3C1)C2=O. The molecule has 156 valence electrons. The first-order chi connectivity index (χ1) is 13.1. The number of nitrogens with zero attached hydrogens (tertiary/aromatic N) is 2. The average molecular weight is 391 g/mol. The fourth-order valence-electron chi connectivity index (χ4n) is 5.88. The molecule has 2 aliphatic carbocycles. The van der Waals surface area contributed by atoms with Gasteiger partial charge < -0.3 is 16.0 Å². The summed E-state index contributed by atoms with van der Waals surface area (Å²) in [5, 5.41) is 2.93. The highest BCUT2D eigenvalue weighted by molar-refractivity contribution is 6.09. The fraction of sp³-hybridized carbons (Fsp3) is 0.857. The summed E-state index contributed by atoms with van der Waals surface area (Å²) in [4.78, 5) is 41.4. The van der Waals surface area contributed by atoms with Gasteiger partial charge in [-0.2, -0.15) is 0 Å². The lowest BCUT2D eigenvalue weighted by atomic mass is 9.67. The number of nitrogens with one attached hydrogen (secondary N) is 1. The van der Waals surface area contributed by atoms with Crippen molar-refractivity contribution in [2.45, 2.75) is 70.9 Å². The van der Waals surface area contributed by atoms with E-state index in [2.05, 4.69) is 26.1 Å². The van der Waals surface area contributed by atoms with E-state index in [1.807, 2.05) is 0 Å². The highest BCUT2D eigenvalue weighted by Crippen LogP contribution is 2.43. The van der Waals surface area contributed by atoms with Gasteiger partial charge in [0.1, 0.15) is 12.1 Å². The molecule has 2 saturated heterocycles. The van der Waals surface area contributed by atoms with Crippen LogP contribution in [0.15, 0.2) is 0 Å². The molecule has 0 aromatic carbocycles. The van der Waals surface area contributed by atoms with Crippen LogP contribution in [0.25, 0.3) is 0 Å². The van der Waals surface area contributed by atoms with E-state index in [0.29, 0.717) is 43.7 Å². The number of rotatable bonds is 2. The van der Waals surface area contributed by atoms with Crippen LogP contribution in [0.1, 0.15) is 59.3 Å². The molecule has 2 aliphatic heterocycles. The van der Waals surface area contributed by atoms with E-state index < -0.39 is 11.6 Å². The monoisotopic (exact) mass is 390 g/mol. The smallest absolute Gasteiger partial charge is 0.325 e. The molecule has 0 bridgehead atoms. The van der Waals surface area contributed by atoms with Crippen LogP contribution in [0, 0.1) is 23.2 Å². The number of fused-ring (bicyclic) bond motifs is 1. The molecule has 2 saturated carbocycles. The van der Waals surface area contributed by atoms with Gasteiger partial charge >= 0.3 is 6.03 Å². The Morgan fingerprint density at radius 2 is 1.82 bits per heavy atom. The first-order valence-corrected chi connectivity index (χ1v) is 10.8. The zero-order valence-corrected chi connectivity index (χ0v) is 17.4. The number of amides is 4. The largest absolute Gasteiger partial charge is 0.341 e. The van der Waals surface area contributed by atoms with Crippen molar-refractivity contribution in [3.05, 3.63) is 0 Å². The molecule has 3 N–H and O–H groups in total. The topological polar surface area (TPSA) is 95.7 Å². The van der Waals surface area contributed by atoms with Crippen LogP contribution in [0.5, 0.6) is 0 Å². The van der Waals surface area contributed by atoms with E-state index in [4.69, 9.17) is 5.73 Å². The molecule has 4 rings (SSSR count). The van der Waals surface area contributed by atoms with E-state index in [9.17, 15) is 14.4 Å². The van der Waals surface area contributed by atoms with Crippen molar-refractivity contribution in [3.8, 4) is 0 Å². The second-order valence-corrected chi connectivity index (χ2v) is 10.5. The van der Waals surface area contributed by atoms with Gasteiger partial charge in [0.2, 0.25) is 5.91 Å². The van der Waals surface area contributed by atoms with E-state index in [1.54, 1.807) is 4.90 Å². The Labute approximate surface area is 167 Å². The van der Waals surface area contributed by atoms with Gasteiger partial charge in [0, 0.05) is 19.1 Å². The normalized spacial score (nSPS) is 38.3. The van der Waals surface area contributed by atoms with Gasteiger partial charge in [-0.1, -0.05) is 20.8 Å². The van der Waals surface area contributed by atoms with Crippen molar-refractivity contribution in [2.24, 2.45) is 28.9 Å². The highest BCUT2D eigenvalue weighted by Gasteiger charge is 2.54. The lowest BCUT2D eigenvalue weighted by molar-refractivity contribution is -0.139. The number of nitrogens with two attached hydrogens (primary N) is 1. The van der Waals surface area contributed by atoms with Crippen LogP contribution in [0.4, 0.5) is 4.79 Å². The number of urea groups is 1. The van der Waals surface area contributed by atoms with Crippen LogP contribution < -0.4 is 11.1 Å². The van der Waals surface area contributed by atoms with Gasteiger partial charge in [0.05, 0.1) is 0 Å². The fourth-order valence-corrected chi connectivity index (χ4v) is 5.88. The molecule has 4 aliphatic rings. The number of carbonyl (C=O) groups excluding carboxylic acids is 3. The lowest BCUT2D eigenvalue weighted by Gasteiger charge is -2.40. The van der Waals surface area contributed by atoms with Gasteiger partial charge in [0.15, 0.2) is 0 Å². The Bertz CT molecular complexity index is 678. The van der Waals surface area contributed by atoms with Crippen molar-refractivity contribution in [3.63, 3.8) is 0 Å². The molecular weight excluding hydrogens is 356 g/mol. The van der Waals surface area contributed by atoms with Crippen LogP contribution in [-0.2, 0) is 9.59 Å². The third-order valence-electron chi connectivity index (χ3n) is 7.87. The molecule has 0 aromatic rings. The maximum atomic E-state index is 13.1. The molecule has 0 radical (unpaired) electrons. The number of imide groups is 1. The third-order valence-corrected chi connectivity index (χ3v) is 7.87. The number of hydrogen-bond acceptors (Lipinski definition) is 4. The molecule has 0 aromatic heterocycles. The summed E-state index contributed by atoms with van der Waals surface area (Å²) in [6.45, 7) is 7.91. The van der Waals surface area contributed by atoms with Crippen molar-refractivity contribution in [2.75, 3.05) is 19.6 Å². The van der Waals surface area contributed by atoms with Gasteiger partial charge in [-0.05, 0) is 61.7 Å². The second-order valence-electron chi connectivity index (χ2n) is 10.5. The number of likely N-dealkylation sites (tertiary alicyclic amines) is 1. The molecule has 2 heterocycles. The van der Waals surface area contributed by atoms with Gasteiger partial charge in [-0.25, -0.2) is 4.79 Å². The maximum Gasteiger partial charge on any atom is 0.325 e. The minimum absolute atomic E-state index is 0.134. The Hall–Kier alpha value is -1.63. The Morgan fingerprint density at radius 1 is 1.14 bits per heavy atom. The lowest BCUT2D eigenvalue weighted by Crippen LogP contribution is -2.51. The summed E-state index contributed by atoms with van der Waals surface area (Å²) in [5.41, 5.74) is 5.56. The highest BCUT2D eigenvalue weighted by atomic mass is 16.2. The molecule has 7 nitrogen and oxygen atoms in total.